The van der Waals surface area contributed by atoms with Crippen molar-refractivity contribution in [3.63, 3.8) is 0 Å². The average Bonchev–Trinajstić information content (AvgIpc) is 2.70. The van der Waals surface area contributed by atoms with Gasteiger partial charge in [-0.2, -0.15) is 0 Å². The summed E-state index contributed by atoms with van der Waals surface area (Å²) in [6.45, 7) is 3.93. The van der Waals surface area contributed by atoms with Crippen LogP contribution in [-0.2, 0) is 17.8 Å². The summed E-state index contributed by atoms with van der Waals surface area (Å²) in [6.07, 6.45) is 2.38. The number of nitrogens with one attached hydrogen (secondary N) is 2. The van der Waals surface area contributed by atoms with Crippen molar-refractivity contribution in [1.29, 1.82) is 0 Å². The number of carbonyl (C=O) groups excluding carboxylic acids is 1. The number of benzene rings is 2. The maximum atomic E-state index is 14.7. The normalized spacial score (nSPS) is 15.1. The van der Waals surface area contributed by atoms with E-state index < -0.39 is 0 Å². The summed E-state index contributed by atoms with van der Waals surface area (Å²) in [5.41, 5.74) is 3.03. The van der Waals surface area contributed by atoms with Crippen molar-refractivity contribution in [1.82, 2.24) is 5.32 Å². The summed E-state index contributed by atoms with van der Waals surface area (Å²) in [5.74, 6) is 0.567. The molecule has 2 aliphatic rings. The van der Waals surface area contributed by atoms with Crippen LogP contribution in [0.1, 0.15) is 23.6 Å². The van der Waals surface area contributed by atoms with E-state index in [-0.39, 0.29) is 24.0 Å². The van der Waals surface area contributed by atoms with Gasteiger partial charge in [-0.25, -0.2) is 4.39 Å². The van der Waals surface area contributed by atoms with Crippen molar-refractivity contribution in [3.8, 4) is 11.5 Å². The summed E-state index contributed by atoms with van der Waals surface area (Å²) >= 11 is 0. The fourth-order valence-electron chi connectivity index (χ4n) is 3.41. The molecule has 0 fully saturated rings. The molecule has 2 aliphatic heterocycles. The van der Waals surface area contributed by atoms with Gasteiger partial charge in [-0.3, -0.25) is 4.79 Å². The van der Waals surface area contributed by atoms with Crippen LogP contribution >= 0.6 is 0 Å². The van der Waals surface area contributed by atoms with Gasteiger partial charge in [-0.05, 0) is 49.2 Å². The Morgan fingerprint density at radius 1 is 1.33 bits per heavy atom. The first-order chi connectivity index (χ1) is 13.2. The Morgan fingerprint density at radius 2 is 2.22 bits per heavy atom. The minimum absolute atomic E-state index is 0.111. The van der Waals surface area contributed by atoms with Gasteiger partial charge in [-0.15, -0.1) is 0 Å². The molecule has 27 heavy (non-hydrogen) atoms. The Morgan fingerprint density at radius 3 is 3.07 bits per heavy atom. The largest absolute Gasteiger partial charge is 0.490 e. The third-order valence-electron chi connectivity index (χ3n) is 4.76. The van der Waals surface area contributed by atoms with E-state index in [0.717, 1.165) is 17.7 Å². The molecule has 2 aromatic rings. The van der Waals surface area contributed by atoms with E-state index >= 15 is 0 Å². The van der Waals surface area contributed by atoms with Gasteiger partial charge in [0.1, 0.15) is 12.4 Å². The lowest BCUT2D eigenvalue weighted by Crippen LogP contribution is -2.26. The van der Waals surface area contributed by atoms with Crippen molar-refractivity contribution in [2.24, 2.45) is 0 Å². The molecule has 0 unspecified atom stereocenters. The Hall–Kier alpha value is -2.86. The van der Waals surface area contributed by atoms with Crippen molar-refractivity contribution >= 4 is 17.7 Å². The van der Waals surface area contributed by atoms with E-state index in [2.05, 4.69) is 10.6 Å². The van der Waals surface area contributed by atoms with Crippen LogP contribution in [0.15, 0.2) is 35.9 Å². The van der Waals surface area contributed by atoms with E-state index in [1.807, 2.05) is 31.2 Å². The third kappa shape index (κ3) is 3.40. The highest BCUT2D eigenvalue weighted by Gasteiger charge is 2.22. The number of ether oxygens (including phenoxy) is 2. The standard InChI is InChI=1S/C21H21FN2O3/c1-2-26-18-5-3-4-13-10-15(12-27-20(13)18)21(25)24-17-7-6-14-11-23-9-8-16(14)19(17)22/h3-7,10,23H,2,8-9,11-12H2,1H3,(H,24,25). The van der Waals surface area contributed by atoms with Crippen molar-refractivity contribution in [2.45, 2.75) is 19.9 Å². The van der Waals surface area contributed by atoms with Gasteiger partial charge < -0.3 is 20.1 Å². The molecule has 0 aromatic heterocycles. The number of fused-ring (bicyclic) bond motifs is 2. The van der Waals surface area contributed by atoms with Gasteiger partial charge in [0.2, 0.25) is 0 Å². The molecular formula is C21H21FN2O3. The van der Waals surface area contributed by atoms with Crippen molar-refractivity contribution in [2.75, 3.05) is 25.1 Å². The molecule has 4 rings (SSSR count). The average molecular weight is 368 g/mol. The Balaban J connectivity index is 1.57. The van der Waals surface area contributed by atoms with Crippen LogP contribution in [0.2, 0.25) is 0 Å². The number of anilines is 1. The van der Waals surface area contributed by atoms with Gasteiger partial charge >= 0.3 is 0 Å². The quantitative estimate of drug-likeness (QED) is 0.870. The molecule has 0 spiro atoms. The topological polar surface area (TPSA) is 59.6 Å². The summed E-state index contributed by atoms with van der Waals surface area (Å²) < 4.78 is 26.0. The summed E-state index contributed by atoms with van der Waals surface area (Å²) in [6, 6.07) is 9.01. The number of hydrogen-bond donors (Lipinski definition) is 2. The predicted molar refractivity (Wildman–Crippen MR) is 102 cm³/mol. The molecule has 1 amide bonds. The van der Waals surface area contributed by atoms with E-state index in [1.54, 1.807) is 12.1 Å². The molecule has 140 valence electrons. The lowest BCUT2D eigenvalue weighted by atomic mass is 9.99. The molecule has 0 saturated heterocycles. The second kappa shape index (κ2) is 7.40. The maximum absolute atomic E-state index is 14.7. The first kappa shape index (κ1) is 17.5. The molecule has 0 atom stereocenters. The second-order valence-electron chi connectivity index (χ2n) is 6.51. The molecule has 5 nitrogen and oxygen atoms in total. The Kier molecular flexibility index (Phi) is 4.81. The second-order valence-corrected chi connectivity index (χ2v) is 6.51. The number of carbonyl (C=O) groups is 1. The van der Waals surface area contributed by atoms with Gasteiger partial charge in [0.15, 0.2) is 11.5 Å². The van der Waals surface area contributed by atoms with E-state index in [1.165, 1.54) is 0 Å². The van der Waals surface area contributed by atoms with Crippen LogP contribution in [0.25, 0.3) is 6.08 Å². The number of hydrogen-bond acceptors (Lipinski definition) is 4. The molecule has 2 heterocycles. The van der Waals surface area contributed by atoms with E-state index in [9.17, 15) is 9.18 Å². The first-order valence-electron chi connectivity index (χ1n) is 9.09. The zero-order chi connectivity index (χ0) is 18.8. The lowest BCUT2D eigenvalue weighted by molar-refractivity contribution is -0.113. The lowest BCUT2D eigenvalue weighted by Gasteiger charge is -2.21. The van der Waals surface area contributed by atoms with E-state index in [4.69, 9.17) is 9.47 Å². The van der Waals surface area contributed by atoms with Gasteiger partial charge in [-0.1, -0.05) is 18.2 Å². The number of para-hydroxylation sites is 1. The van der Waals surface area contributed by atoms with Crippen LogP contribution in [0, 0.1) is 5.82 Å². The molecule has 0 saturated carbocycles. The highest BCUT2D eigenvalue weighted by atomic mass is 19.1. The zero-order valence-electron chi connectivity index (χ0n) is 15.1. The van der Waals surface area contributed by atoms with Crippen LogP contribution in [0.3, 0.4) is 0 Å². The predicted octanol–water partition coefficient (Wildman–Crippen LogP) is 3.28. The van der Waals surface area contributed by atoms with Gasteiger partial charge in [0.25, 0.3) is 5.91 Å². The minimum Gasteiger partial charge on any atom is -0.490 e. The zero-order valence-corrected chi connectivity index (χ0v) is 15.1. The fourth-order valence-corrected chi connectivity index (χ4v) is 3.41. The fraction of sp³-hybridized carbons (Fsp3) is 0.286. The van der Waals surface area contributed by atoms with Gasteiger partial charge in [0, 0.05) is 12.1 Å². The SMILES string of the molecule is CCOc1cccc2c1OCC(C(=O)Nc1ccc3c(c1F)CCNC3)=C2. The molecule has 2 aromatic carbocycles. The third-order valence-corrected chi connectivity index (χ3v) is 4.76. The van der Waals surface area contributed by atoms with Gasteiger partial charge in [0.05, 0.1) is 17.9 Å². The smallest absolute Gasteiger partial charge is 0.255 e. The number of rotatable bonds is 4. The molecule has 2 N–H and O–H groups in total. The number of halogens is 1. The van der Waals surface area contributed by atoms with Crippen LogP contribution < -0.4 is 20.1 Å². The molecular weight excluding hydrogens is 347 g/mol. The van der Waals surface area contributed by atoms with Crippen LogP contribution in [-0.4, -0.2) is 25.7 Å². The maximum Gasteiger partial charge on any atom is 0.255 e. The van der Waals surface area contributed by atoms with Crippen LogP contribution in [0.5, 0.6) is 11.5 Å². The Bertz CT molecular complexity index is 924. The van der Waals surface area contributed by atoms with Crippen molar-refractivity contribution in [3.05, 3.63) is 58.4 Å². The highest BCUT2D eigenvalue weighted by Crippen LogP contribution is 2.36. The molecule has 0 radical (unpaired) electrons. The van der Waals surface area contributed by atoms with E-state index in [0.29, 0.717) is 42.2 Å². The first-order valence-corrected chi connectivity index (χ1v) is 9.09. The van der Waals surface area contributed by atoms with Crippen LogP contribution in [0.4, 0.5) is 10.1 Å². The monoisotopic (exact) mass is 368 g/mol. The minimum atomic E-state index is -0.366. The molecule has 0 aliphatic carbocycles. The molecule has 0 bridgehead atoms. The highest BCUT2D eigenvalue weighted by molar-refractivity contribution is 6.07. The summed E-state index contributed by atoms with van der Waals surface area (Å²) in [5, 5.41) is 5.90. The summed E-state index contributed by atoms with van der Waals surface area (Å²) in [4.78, 5) is 12.6. The van der Waals surface area contributed by atoms with Crippen molar-refractivity contribution < 1.29 is 18.7 Å². The molecule has 6 heteroatoms. The summed E-state index contributed by atoms with van der Waals surface area (Å²) in [7, 11) is 0. The Labute approximate surface area is 157 Å². The number of amides is 1.